The number of esters is 1. The maximum Gasteiger partial charge on any atom is 0.343 e. The van der Waals surface area contributed by atoms with E-state index in [0.29, 0.717) is 15.4 Å². The number of thiophene rings is 1. The number of carbonyl (C=O) groups is 2. The molecule has 0 saturated heterocycles. The van der Waals surface area contributed by atoms with Crippen molar-refractivity contribution in [3.05, 3.63) is 10.4 Å². The molecule has 0 spiro atoms. The first-order valence-corrected chi connectivity index (χ1v) is 6.51. The summed E-state index contributed by atoms with van der Waals surface area (Å²) in [6.45, 7) is 0. The third-order valence-corrected chi connectivity index (χ3v) is 4.28. The fourth-order valence-corrected chi connectivity index (χ4v) is 2.91. The number of methoxy groups -OCH3 is 1. The second-order valence-corrected chi connectivity index (χ2v) is 5.55. The van der Waals surface area contributed by atoms with Crippen molar-refractivity contribution in [1.29, 1.82) is 0 Å². The van der Waals surface area contributed by atoms with E-state index < -0.39 is 5.97 Å². The molecule has 0 amide bonds. The van der Waals surface area contributed by atoms with Crippen LogP contribution < -0.4 is 10.6 Å². The second-order valence-electron chi connectivity index (χ2n) is 4.55. The van der Waals surface area contributed by atoms with Crippen LogP contribution >= 0.6 is 11.3 Å². The second kappa shape index (κ2) is 4.61. The summed E-state index contributed by atoms with van der Waals surface area (Å²) in [5, 5.41) is 0.670. The van der Waals surface area contributed by atoms with Crippen molar-refractivity contribution in [3.8, 4) is 0 Å². The van der Waals surface area contributed by atoms with E-state index in [1.807, 2.05) is 14.1 Å². The maximum absolute atomic E-state index is 12.1. The van der Waals surface area contributed by atoms with Gasteiger partial charge in [0.15, 0.2) is 5.78 Å². The Morgan fingerprint density at radius 2 is 2.00 bits per heavy atom. The summed E-state index contributed by atoms with van der Waals surface area (Å²) < 4.78 is 4.73. The predicted molar refractivity (Wildman–Crippen MR) is 71.5 cm³/mol. The number of nitrogens with two attached hydrogens (primary N) is 1. The first kappa shape index (κ1) is 12.9. The van der Waals surface area contributed by atoms with Crippen LogP contribution in [0.1, 0.15) is 32.9 Å². The summed E-state index contributed by atoms with van der Waals surface area (Å²) in [4.78, 5) is 26.1. The van der Waals surface area contributed by atoms with Gasteiger partial charge in [-0.3, -0.25) is 4.79 Å². The molecule has 0 atom stereocenters. The minimum Gasteiger partial charge on any atom is -0.465 e. The van der Waals surface area contributed by atoms with Crippen molar-refractivity contribution < 1.29 is 14.3 Å². The highest BCUT2D eigenvalue weighted by molar-refractivity contribution is 7.19. The third kappa shape index (κ3) is 2.08. The van der Waals surface area contributed by atoms with Crippen LogP contribution in [0.25, 0.3) is 0 Å². The molecule has 1 aromatic rings. The number of rotatable bonds is 4. The van der Waals surface area contributed by atoms with Crippen LogP contribution in [0, 0.1) is 5.92 Å². The molecule has 1 aliphatic carbocycles. The highest BCUT2D eigenvalue weighted by Crippen LogP contribution is 2.42. The van der Waals surface area contributed by atoms with Crippen LogP contribution in [0.2, 0.25) is 0 Å². The number of hydrogen-bond acceptors (Lipinski definition) is 6. The normalized spacial score (nSPS) is 14.4. The van der Waals surface area contributed by atoms with E-state index in [1.54, 1.807) is 4.90 Å². The lowest BCUT2D eigenvalue weighted by Crippen LogP contribution is -2.13. The number of Topliss-reactive ketones (excluding diaryl/α,β-unsaturated/α-hetero) is 1. The molecule has 0 bridgehead atoms. The van der Waals surface area contributed by atoms with Gasteiger partial charge in [0.2, 0.25) is 0 Å². The van der Waals surface area contributed by atoms with Crippen molar-refractivity contribution in [1.82, 2.24) is 0 Å². The van der Waals surface area contributed by atoms with Gasteiger partial charge in [0.25, 0.3) is 0 Å². The zero-order valence-electron chi connectivity index (χ0n) is 10.6. The highest BCUT2D eigenvalue weighted by Gasteiger charge is 2.35. The Bertz CT molecular complexity index is 504. The standard InChI is InChI=1S/C12H16N2O3S/c1-14(2)11-7(12(16)17-3)8(13)10(18-11)9(15)6-4-5-6/h6H,4-5,13H2,1-3H3. The van der Waals surface area contributed by atoms with E-state index >= 15 is 0 Å². The molecule has 98 valence electrons. The molecule has 1 fully saturated rings. The van der Waals surface area contributed by atoms with Crippen molar-refractivity contribution in [2.24, 2.45) is 5.92 Å². The highest BCUT2D eigenvalue weighted by atomic mass is 32.1. The van der Waals surface area contributed by atoms with E-state index in [1.165, 1.54) is 18.4 Å². The van der Waals surface area contributed by atoms with E-state index in [4.69, 9.17) is 10.5 Å². The number of hydrogen-bond donors (Lipinski definition) is 1. The molecule has 6 heteroatoms. The first-order chi connectivity index (χ1) is 8.47. The molecule has 1 aliphatic rings. The molecular formula is C12H16N2O3S. The van der Waals surface area contributed by atoms with Crippen LogP contribution in [0.5, 0.6) is 0 Å². The van der Waals surface area contributed by atoms with Crippen molar-refractivity contribution >= 4 is 33.8 Å². The number of ether oxygens (including phenoxy) is 1. The largest absolute Gasteiger partial charge is 0.465 e. The Hall–Kier alpha value is -1.56. The van der Waals surface area contributed by atoms with Gasteiger partial charge in [-0.15, -0.1) is 11.3 Å². The fourth-order valence-electron chi connectivity index (χ4n) is 1.76. The van der Waals surface area contributed by atoms with Gasteiger partial charge in [0.1, 0.15) is 10.6 Å². The van der Waals surface area contributed by atoms with E-state index in [9.17, 15) is 9.59 Å². The Balaban J connectivity index is 2.49. The van der Waals surface area contributed by atoms with Gasteiger partial charge in [-0.1, -0.05) is 0 Å². The number of nitrogen functional groups attached to an aromatic ring is 1. The maximum atomic E-state index is 12.1. The monoisotopic (exact) mass is 268 g/mol. The molecule has 0 unspecified atom stereocenters. The molecule has 5 nitrogen and oxygen atoms in total. The average molecular weight is 268 g/mol. The molecule has 0 radical (unpaired) electrons. The van der Waals surface area contributed by atoms with Gasteiger partial charge in [-0.05, 0) is 12.8 Å². The SMILES string of the molecule is COC(=O)c1c(N(C)C)sc(C(=O)C2CC2)c1N. The molecule has 2 rings (SSSR count). The Morgan fingerprint density at radius 3 is 2.44 bits per heavy atom. The number of ketones is 1. The van der Waals surface area contributed by atoms with Crippen LogP contribution in [-0.4, -0.2) is 33.0 Å². The van der Waals surface area contributed by atoms with Gasteiger partial charge in [0.05, 0.1) is 17.7 Å². The smallest absolute Gasteiger partial charge is 0.343 e. The van der Waals surface area contributed by atoms with Gasteiger partial charge in [-0.25, -0.2) is 4.79 Å². The van der Waals surface area contributed by atoms with E-state index in [2.05, 4.69) is 0 Å². The summed E-state index contributed by atoms with van der Waals surface area (Å²) in [7, 11) is 4.92. The predicted octanol–water partition coefficient (Wildman–Crippen LogP) is 1.78. The Kier molecular flexibility index (Phi) is 3.30. The molecule has 0 aliphatic heterocycles. The van der Waals surface area contributed by atoms with Crippen LogP contribution in [0.3, 0.4) is 0 Å². The molecule has 18 heavy (non-hydrogen) atoms. The summed E-state index contributed by atoms with van der Waals surface area (Å²) >= 11 is 1.26. The van der Waals surface area contributed by atoms with Gasteiger partial charge in [-0.2, -0.15) is 0 Å². The number of carbonyl (C=O) groups excluding carboxylic acids is 2. The lowest BCUT2D eigenvalue weighted by molar-refractivity contribution is 0.0603. The van der Waals surface area contributed by atoms with Crippen molar-refractivity contribution in [2.75, 3.05) is 31.8 Å². The summed E-state index contributed by atoms with van der Waals surface area (Å²) in [5.41, 5.74) is 6.51. The van der Waals surface area contributed by atoms with Crippen molar-refractivity contribution in [2.45, 2.75) is 12.8 Å². The molecule has 1 heterocycles. The third-order valence-electron chi connectivity index (χ3n) is 2.89. The van der Waals surface area contributed by atoms with Crippen LogP contribution in [-0.2, 0) is 4.74 Å². The average Bonchev–Trinajstić information content (AvgIpc) is 3.11. The zero-order chi connectivity index (χ0) is 13.4. The summed E-state index contributed by atoms with van der Waals surface area (Å²) in [6.07, 6.45) is 1.84. The minimum absolute atomic E-state index is 0.0516. The fraction of sp³-hybridized carbons (Fsp3) is 0.500. The van der Waals surface area contributed by atoms with Crippen LogP contribution in [0.4, 0.5) is 10.7 Å². The van der Waals surface area contributed by atoms with Gasteiger partial charge in [0, 0.05) is 20.0 Å². The number of nitrogens with zero attached hydrogens (tertiary/aromatic N) is 1. The topological polar surface area (TPSA) is 72.6 Å². The molecule has 0 aromatic carbocycles. The lowest BCUT2D eigenvalue weighted by atomic mass is 10.1. The minimum atomic E-state index is -0.498. The van der Waals surface area contributed by atoms with Gasteiger partial charge >= 0.3 is 5.97 Å². The Morgan fingerprint density at radius 1 is 1.39 bits per heavy atom. The number of anilines is 2. The van der Waals surface area contributed by atoms with E-state index in [-0.39, 0.29) is 17.4 Å². The van der Waals surface area contributed by atoms with Gasteiger partial charge < -0.3 is 15.4 Å². The van der Waals surface area contributed by atoms with Crippen LogP contribution in [0.15, 0.2) is 0 Å². The first-order valence-electron chi connectivity index (χ1n) is 5.69. The summed E-state index contributed by atoms with van der Waals surface area (Å²) in [6, 6.07) is 0. The zero-order valence-corrected chi connectivity index (χ0v) is 11.5. The summed E-state index contributed by atoms with van der Waals surface area (Å²) in [5.74, 6) is -0.357. The lowest BCUT2D eigenvalue weighted by Gasteiger charge is -2.11. The molecular weight excluding hydrogens is 252 g/mol. The molecule has 2 N–H and O–H groups in total. The van der Waals surface area contributed by atoms with Crippen molar-refractivity contribution in [3.63, 3.8) is 0 Å². The molecule has 1 aromatic heterocycles. The quantitative estimate of drug-likeness (QED) is 0.665. The molecule has 1 saturated carbocycles. The van der Waals surface area contributed by atoms with E-state index in [0.717, 1.165) is 12.8 Å². The Labute approximate surface area is 110 Å².